The van der Waals surface area contributed by atoms with Gasteiger partial charge in [-0.2, -0.15) is 13.2 Å². The number of ketones is 1. The summed E-state index contributed by atoms with van der Waals surface area (Å²) in [5, 5.41) is 18.3. The molecule has 0 saturated heterocycles. The second kappa shape index (κ2) is 7.35. The maximum Gasteiger partial charge on any atom is 0.421 e. The maximum atomic E-state index is 13.6. The predicted octanol–water partition coefficient (Wildman–Crippen LogP) is 5.27. The molecule has 0 amide bonds. The zero-order valence-electron chi connectivity index (χ0n) is 13.3. The van der Waals surface area contributed by atoms with Crippen LogP contribution in [0, 0.1) is 6.92 Å². The molecule has 5 nitrogen and oxygen atoms in total. The Morgan fingerprint density at radius 3 is 2.04 bits per heavy atom. The molecule has 1 heterocycles. The highest BCUT2D eigenvalue weighted by Gasteiger charge is 2.56. The molecule has 27 heavy (non-hydrogen) atoms. The standard InChI is InChI=1S/C16H10Cl3F3O5/c1-6-8(14(24)25)4-12(27-6)11(23)5-15(26,16(20,21)22)7-2-9(17)13(19)10(18)3-7/h2-4,26H,5H2,1H3,(H,24,25). The molecule has 1 atom stereocenters. The van der Waals surface area contributed by atoms with Crippen LogP contribution in [-0.2, 0) is 5.60 Å². The summed E-state index contributed by atoms with van der Waals surface area (Å²) in [5.41, 5.74) is -4.84. The van der Waals surface area contributed by atoms with Crippen molar-refractivity contribution in [2.24, 2.45) is 0 Å². The van der Waals surface area contributed by atoms with Crippen molar-refractivity contribution < 1.29 is 37.4 Å². The molecule has 0 spiro atoms. The summed E-state index contributed by atoms with van der Waals surface area (Å²) in [5.74, 6) is -3.50. The first-order valence-corrected chi connectivity index (χ1v) is 8.22. The van der Waals surface area contributed by atoms with E-state index in [1.54, 1.807) is 0 Å². The van der Waals surface area contributed by atoms with E-state index in [1.807, 2.05) is 0 Å². The van der Waals surface area contributed by atoms with Crippen LogP contribution in [0.4, 0.5) is 13.2 Å². The molecular formula is C16H10Cl3F3O5. The smallest absolute Gasteiger partial charge is 0.421 e. The average Bonchev–Trinajstić information content (AvgIpc) is 2.93. The maximum absolute atomic E-state index is 13.6. The lowest BCUT2D eigenvalue weighted by Crippen LogP contribution is -2.44. The molecule has 2 N–H and O–H groups in total. The highest BCUT2D eigenvalue weighted by molar-refractivity contribution is 6.48. The van der Waals surface area contributed by atoms with Gasteiger partial charge in [-0.25, -0.2) is 4.79 Å². The van der Waals surface area contributed by atoms with Gasteiger partial charge in [0.05, 0.1) is 21.5 Å². The first-order chi connectivity index (χ1) is 12.3. The Morgan fingerprint density at radius 1 is 1.11 bits per heavy atom. The van der Waals surface area contributed by atoms with Crippen LogP contribution in [0.3, 0.4) is 0 Å². The van der Waals surface area contributed by atoms with Gasteiger partial charge in [-0.15, -0.1) is 0 Å². The van der Waals surface area contributed by atoms with Crippen molar-refractivity contribution >= 4 is 46.6 Å². The number of aryl methyl sites for hydroxylation is 1. The average molecular weight is 446 g/mol. The first kappa shape index (κ1) is 21.6. The van der Waals surface area contributed by atoms with E-state index in [1.165, 1.54) is 6.92 Å². The van der Waals surface area contributed by atoms with E-state index >= 15 is 0 Å². The molecule has 0 aliphatic rings. The topological polar surface area (TPSA) is 87.7 Å². The molecule has 0 aliphatic heterocycles. The number of alkyl halides is 3. The lowest BCUT2D eigenvalue weighted by Gasteiger charge is -2.30. The van der Waals surface area contributed by atoms with E-state index in [9.17, 15) is 27.9 Å². The lowest BCUT2D eigenvalue weighted by molar-refractivity contribution is -0.264. The number of aromatic carboxylic acids is 1. The molecule has 0 aliphatic carbocycles. The molecule has 2 aromatic rings. The van der Waals surface area contributed by atoms with Gasteiger partial charge in [-0.3, -0.25) is 4.79 Å². The monoisotopic (exact) mass is 444 g/mol. The molecule has 11 heteroatoms. The van der Waals surface area contributed by atoms with Crippen LogP contribution < -0.4 is 0 Å². The number of rotatable bonds is 5. The zero-order valence-corrected chi connectivity index (χ0v) is 15.6. The zero-order chi connectivity index (χ0) is 20.7. The SMILES string of the molecule is Cc1oc(C(=O)CC(O)(c2cc(Cl)c(Cl)c(Cl)c2)C(F)(F)F)cc1C(=O)O. The van der Waals surface area contributed by atoms with Gasteiger partial charge in [0.1, 0.15) is 11.3 Å². The van der Waals surface area contributed by atoms with Crippen LogP contribution in [0.15, 0.2) is 22.6 Å². The molecule has 0 bridgehead atoms. The number of carboxylic acids is 1. The fourth-order valence-corrected chi connectivity index (χ4v) is 2.91. The van der Waals surface area contributed by atoms with Crippen LogP contribution in [0.5, 0.6) is 0 Å². The minimum atomic E-state index is -5.29. The molecule has 1 aromatic heterocycles. The van der Waals surface area contributed by atoms with Gasteiger partial charge in [0, 0.05) is 6.07 Å². The van der Waals surface area contributed by atoms with Gasteiger partial charge in [0.2, 0.25) is 5.78 Å². The number of halogens is 6. The summed E-state index contributed by atoms with van der Waals surface area (Å²) in [7, 11) is 0. The number of furan rings is 1. The van der Waals surface area contributed by atoms with Gasteiger partial charge < -0.3 is 14.6 Å². The Bertz CT molecular complexity index is 900. The summed E-state index contributed by atoms with van der Waals surface area (Å²) in [4.78, 5) is 23.3. The second-order valence-electron chi connectivity index (χ2n) is 5.60. The summed E-state index contributed by atoms with van der Waals surface area (Å²) in [6.45, 7) is 1.23. The molecule has 0 fully saturated rings. The fraction of sp³-hybridized carbons (Fsp3) is 0.250. The van der Waals surface area contributed by atoms with E-state index in [4.69, 9.17) is 44.3 Å². The first-order valence-electron chi connectivity index (χ1n) is 7.09. The van der Waals surface area contributed by atoms with Crippen LogP contribution >= 0.6 is 34.8 Å². The minimum absolute atomic E-state index is 0.168. The van der Waals surface area contributed by atoms with E-state index in [0.717, 1.165) is 18.2 Å². The number of hydrogen-bond acceptors (Lipinski definition) is 4. The van der Waals surface area contributed by atoms with Gasteiger partial charge in [-0.1, -0.05) is 34.8 Å². The Labute approximate surface area is 165 Å². The number of Topliss-reactive ketones (excluding diaryl/α,β-unsaturated/α-hetero) is 1. The fourth-order valence-electron chi connectivity index (χ4n) is 2.31. The normalized spacial score (nSPS) is 14.1. The van der Waals surface area contributed by atoms with Crippen molar-refractivity contribution in [2.75, 3.05) is 0 Å². The van der Waals surface area contributed by atoms with Crippen molar-refractivity contribution in [2.45, 2.75) is 25.1 Å². The number of carboxylic acid groups (broad SMARTS) is 1. The summed E-state index contributed by atoms with van der Waals surface area (Å²) < 4.78 is 45.7. The number of benzene rings is 1. The Morgan fingerprint density at radius 2 is 1.63 bits per heavy atom. The van der Waals surface area contributed by atoms with Crippen molar-refractivity contribution in [3.8, 4) is 0 Å². The van der Waals surface area contributed by atoms with E-state index in [2.05, 4.69) is 0 Å². The van der Waals surface area contributed by atoms with Gasteiger partial charge >= 0.3 is 12.1 Å². The second-order valence-corrected chi connectivity index (χ2v) is 6.79. The van der Waals surface area contributed by atoms with Crippen LogP contribution in [0.1, 0.15) is 38.7 Å². The highest BCUT2D eigenvalue weighted by Crippen LogP contribution is 2.45. The largest absolute Gasteiger partial charge is 0.478 e. The molecule has 1 aromatic carbocycles. The number of carbonyl (C=O) groups excluding carboxylic acids is 1. The summed E-state index contributed by atoms with van der Waals surface area (Å²) in [6.07, 6.45) is -6.78. The third kappa shape index (κ3) is 4.08. The Balaban J connectivity index is 2.50. The third-order valence-corrected chi connectivity index (χ3v) is 4.97. The number of aliphatic hydroxyl groups is 1. The van der Waals surface area contributed by atoms with Crippen LogP contribution in [0.2, 0.25) is 15.1 Å². The van der Waals surface area contributed by atoms with Crippen molar-refractivity contribution in [1.29, 1.82) is 0 Å². The third-order valence-electron chi connectivity index (χ3n) is 3.77. The van der Waals surface area contributed by atoms with E-state index in [-0.39, 0.29) is 26.4 Å². The molecule has 146 valence electrons. The minimum Gasteiger partial charge on any atom is -0.478 e. The molecular weight excluding hydrogens is 436 g/mol. The lowest BCUT2D eigenvalue weighted by atomic mass is 9.87. The Hall–Kier alpha value is -1.74. The van der Waals surface area contributed by atoms with Gasteiger partial charge in [-0.05, 0) is 24.6 Å². The Kier molecular flexibility index (Phi) is 5.87. The number of carbonyl (C=O) groups is 2. The van der Waals surface area contributed by atoms with Gasteiger partial charge in [0.15, 0.2) is 11.4 Å². The number of hydrogen-bond donors (Lipinski definition) is 2. The molecule has 0 radical (unpaired) electrons. The van der Waals surface area contributed by atoms with Crippen LogP contribution in [0.25, 0.3) is 0 Å². The quantitative estimate of drug-likeness (QED) is 0.484. The summed E-state index contributed by atoms with van der Waals surface area (Å²) in [6, 6.07) is 2.28. The van der Waals surface area contributed by atoms with Gasteiger partial charge in [0.25, 0.3) is 0 Å². The van der Waals surface area contributed by atoms with Crippen molar-refractivity contribution in [3.05, 3.63) is 55.9 Å². The van der Waals surface area contributed by atoms with Crippen molar-refractivity contribution in [1.82, 2.24) is 0 Å². The summed E-state index contributed by atoms with van der Waals surface area (Å²) >= 11 is 17.1. The van der Waals surface area contributed by atoms with Crippen LogP contribution in [-0.4, -0.2) is 28.1 Å². The molecule has 1 unspecified atom stereocenters. The molecule has 0 saturated carbocycles. The van der Waals surface area contributed by atoms with E-state index in [0.29, 0.717) is 0 Å². The van der Waals surface area contributed by atoms with E-state index < -0.39 is 41.3 Å². The van der Waals surface area contributed by atoms with Crippen molar-refractivity contribution in [3.63, 3.8) is 0 Å². The highest BCUT2D eigenvalue weighted by atomic mass is 35.5. The predicted molar refractivity (Wildman–Crippen MR) is 90.8 cm³/mol. The molecule has 2 rings (SSSR count).